The Bertz CT molecular complexity index is 599. The highest BCUT2D eigenvalue weighted by Crippen LogP contribution is 2.34. The van der Waals surface area contributed by atoms with E-state index in [9.17, 15) is 4.79 Å². The average molecular weight is 349 g/mol. The number of piperazine rings is 1. The van der Waals surface area contributed by atoms with E-state index in [0.29, 0.717) is 5.02 Å². The summed E-state index contributed by atoms with van der Waals surface area (Å²) in [5, 5.41) is 0.712. The van der Waals surface area contributed by atoms with Crippen molar-refractivity contribution in [2.75, 3.05) is 37.6 Å². The number of hydrogen-bond acceptors (Lipinski definition) is 4. The lowest BCUT2D eigenvalue weighted by Crippen LogP contribution is -2.47. The molecule has 0 N–H and O–H groups in total. The molecule has 0 spiro atoms. The number of piperidine rings is 1. The minimum absolute atomic E-state index is 0.127. The molecule has 6 heteroatoms. The maximum Gasteiger partial charge on any atom is 0.210 e. The summed E-state index contributed by atoms with van der Waals surface area (Å²) in [6.07, 6.45) is 8.84. The Labute approximate surface area is 148 Å². The van der Waals surface area contributed by atoms with Gasteiger partial charge in [0.15, 0.2) is 0 Å². The number of carbonyl (C=O) groups excluding carboxylic acids is 1. The third-order valence-electron chi connectivity index (χ3n) is 5.58. The number of halogens is 1. The molecule has 2 saturated heterocycles. The van der Waals surface area contributed by atoms with E-state index < -0.39 is 0 Å². The number of likely N-dealkylation sites (tertiary alicyclic amines) is 1. The quantitative estimate of drug-likeness (QED) is 0.784. The number of nitrogens with zero attached hydrogens (tertiary/aromatic N) is 4. The topological polar surface area (TPSA) is 39.7 Å². The number of amides is 1. The lowest BCUT2D eigenvalue weighted by molar-refractivity contribution is -0.121. The molecule has 24 heavy (non-hydrogen) atoms. The summed E-state index contributed by atoms with van der Waals surface area (Å²) in [5.41, 5.74) is 1.06. The van der Waals surface area contributed by atoms with Gasteiger partial charge in [-0.15, -0.1) is 0 Å². The van der Waals surface area contributed by atoms with Gasteiger partial charge in [-0.1, -0.05) is 11.6 Å². The molecule has 3 aliphatic rings. The van der Waals surface area contributed by atoms with E-state index in [2.05, 4.69) is 14.8 Å². The van der Waals surface area contributed by atoms with Crippen molar-refractivity contribution < 1.29 is 4.79 Å². The van der Waals surface area contributed by atoms with Gasteiger partial charge in [-0.3, -0.25) is 9.69 Å². The van der Waals surface area contributed by atoms with Crippen molar-refractivity contribution in [2.45, 2.75) is 44.2 Å². The van der Waals surface area contributed by atoms with Crippen molar-refractivity contribution in [3.05, 3.63) is 22.8 Å². The maximum absolute atomic E-state index is 11.3. The van der Waals surface area contributed by atoms with Gasteiger partial charge in [0.05, 0.1) is 11.1 Å². The van der Waals surface area contributed by atoms with Gasteiger partial charge in [0.1, 0.15) is 5.82 Å². The molecule has 0 radical (unpaired) electrons. The summed E-state index contributed by atoms with van der Waals surface area (Å²) in [6.45, 7) is 5.02. The second-order valence-corrected chi connectivity index (χ2v) is 7.59. The molecule has 1 aromatic heterocycles. The average Bonchev–Trinajstić information content (AvgIpc) is 3.47. The molecule has 0 bridgehead atoms. The largest absolute Gasteiger partial charge is 0.353 e. The van der Waals surface area contributed by atoms with Crippen molar-refractivity contribution in [3.63, 3.8) is 0 Å². The van der Waals surface area contributed by atoms with Gasteiger partial charge in [0.25, 0.3) is 0 Å². The lowest BCUT2D eigenvalue weighted by atomic mass is 9.97. The first-order valence-electron chi connectivity index (χ1n) is 9.12. The monoisotopic (exact) mass is 348 g/mol. The summed E-state index contributed by atoms with van der Waals surface area (Å²) in [4.78, 5) is 22.7. The molecule has 3 heterocycles. The van der Waals surface area contributed by atoms with Crippen LogP contribution in [0.2, 0.25) is 5.02 Å². The minimum atomic E-state index is 0.127. The van der Waals surface area contributed by atoms with Crippen molar-refractivity contribution in [1.82, 2.24) is 14.8 Å². The van der Waals surface area contributed by atoms with Crippen molar-refractivity contribution >= 4 is 23.8 Å². The Balaban J connectivity index is 1.46. The molecule has 1 unspecified atom stereocenters. The predicted octanol–water partition coefficient (Wildman–Crippen LogP) is 2.70. The first-order chi connectivity index (χ1) is 11.8. The van der Waals surface area contributed by atoms with Crippen molar-refractivity contribution in [1.29, 1.82) is 0 Å². The van der Waals surface area contributed by atoms with Crippen molar-refractivity contribution in [2.24, 2.45) is 0 Å². The first kappa shape index (κ1) is 16.2. The Morgan fingerprint density at radius 2 is 1.88 bits per heavy atom. The smallest absolute Gasteiger partial charge is 0.210 e. The second kappa shape index (κ2) is 6.89. The number of pyridine rings is 1. The Morgan fingerprint density at radius 3 is 2.54 bits per heavy atom. The molecule has 1 aromatic rings. The predicted molar refractivity (Wildman–Crippen MR) is 95.4 cm³/mol. The molecule has 130 valence electrons. The maximum atomic E-state index is 11.3. The molecular formula is C18H25ClN4O. The van der Waals surface area contributed by atoms with Crippen LogP contribution in [0.15, 0.2) is 12.3 Å². The fourth-order valence-corrected chi connectivity index (χ4v) is 4.33. The number of hydrogen-bond donors (Lipinski definition) is 0. The van der Waals surface area contributed by atoms with Crippen LogP contribution >= 0.6 is 11.6 Å². The van der Waals surface area contributed by atoms with Gasteiger partial charge in [-0.25, -0.2) is 4.98 Å². The summed E-state index contributed by atoms with van der Waals surface area (Å²) in [7, 11) is 0. The number of rotatable bonds is 4. The third kappa shape index (κ3) is 3.24. The van der Waals surface area contributed by atoms with E-state index in [-0.39, 0.29) is 6.04 Å². The van der Waals surface area contributed by atoms with Crippen LogP contribution in [0.25, 0.3) is 0 Å². The summed E-state index contributed by atoms with van der Waals surface area (Å²) in [6, 6.07) is 2.98. The zero-order valence-electron chi connectivity index (χ0n) is 14.0. The van der Waals surface area contributed by atoms with Crippen molar-refractivity contribution in [3.8, 4) is 0 Å². The van der Waals surface area contributed by atoms with Crippen LogP contribution in [-0.2, 0) is 4.79 Å². The fourth-order valence-electron chi connectivity index (χ4n) is 4.04. The van der Waals surface area contributed by atoms with Crippen LogP contribution in [0.3, 0.4) is 0 Å². The van der Waals surface area contributed by atoms with Crippen LogP contribution in [0, 0.1) is 0 Å². The van der Waals surface area contributed by atoms with Crippen LogP contribution in [0.5, 0.6) is 0 Å². The zero-order chi connectivity index (χ0) is 16.5. The third-order valence-corrected chi connectivity index (χ3v) is 5.86. The molecular weight excluding hydrogens is 324 g/mol. The van der Waals surface area contributed by atoms with Gasteiger partial charge in [-0.05, 0) is 43.7 Å². The molecule has 4 rings (SSSR count). The van der Waals surface area contributed by atoms with Crippen LogP contribution in [0.4, 0.5) is 5.82 Å². The molecule has 1 amide bonds. The number of aromatic nitrogens is 1. The normalized spacial score (nSPS) is 25.8. The second-order valence-electron chi connectivity index (χ2n) is 7.18. The summed E-state index contributed by atoms with van der Waals surface area (Å²) < 4.78 is 0. The van der Waals surface area contributed by atoms with Gasteiger partial charge in [-0.2, -0.15) is 0 Å². The highest BCUT2D eigenvalue weighted by Gasteiger charge is 2.32. The van der Waals surface area contributed by atoms with Gasteiger partial charge < -0.3 is 9.80 Å². The molecule has 5 nitrogen and oxygen atoms in total. The molecule has 0 aromatic carbocycles. The van der Waals surface area contributed by atoms with E-state index in [4.69, 9.17) is 11.6 Å². The summed E-state index contributed by atoms with van der Waals surface area (Å²) in [5.74, 6) is 0.893. The van der Waals surface area contributed by atoms with Gasteiger partial charge in [0.2, 0.25) is 6.41 Å². The van der Waals surface area contributed by atoms with Crippen LogP contribution < -0.4 is 4.90 Å². The standard InChI is InChI=1S/C18H25ClN4O/c19-16-11-14(17-3-1-2-6-23(17)13-24)12-20-18(16)22-9-7-21(8-10-22)15-4-5-15/h11-13,15,17H,1-10H2. The number of carbonyl (C=O) groups is 1. The molecule has 1 aliphatic carbocycles. The minimum Gasteiger partial charge on any atom is -0.353 e. The lowest BCUT2D eigenvalue weighted by Gasteiger charge is -2.36. The van der Waals surface area contributed by atoms with Gasteiger partial charge in [0, 0.05) is 45.0 Å². The fraction of sp³-hybridized carbons (Fsp3) is 0.667. The van der Waals surface area contributed by atoms with E-state index in [0.717, 1.165) is 75.8 Å². The van der Waals surface area contributed by atoms with E-state index in [1.54, 1.807) is 0 Å². The molecule has 1 atom stereocenters. The Morgan fingerprint density at radius 1 is 1.08 bits per heavy atom. The highest BCUT2D eigenvalue weighted by molar-refractivity contribution is 6.33. The first-order valence-corrected chi connectivity index (χ1v) is 9.49. The van der Waals surface area contributed by atoms with Crippen LogP contribution in [-0.4, -0.2) is 60.0 Å². The molecule has 3 fully saturated rings. The zero-order valence-corrected chi connectivity index (χ0v) is 14.8. The van der Waals surface area contributed by atoms with E-state index in [1.165, 1.54) is 12.8 Å². The van der Waals surface area contributed by atoms with E-state index in [1.807, 2.05) is 17.2 Å². The molecule has 1 saturated carbocycles. The van der Waals surface area contributed by atoms with Gasteiger partial charge >= 0.3 is 0 Å². The molecule has 2 aliphatic heterocycles. The Kier molecular flexibility index (Phi) is 4.63. The highest BCUT2D eigenvalue weighted by atomic mass is 35.5. The number of anilines is 1. The SMILES string of the molecule is O=CN1CCCCC1c1cnc(N2CCN(C3CC3)CC2)c(Cl)c1. The van der Waals surface area contributed by atoms with E-state index >= 15 is 0 Å². The Hall–Kier alpha value is -1.33. The van der Waals surface area contributed by atoms with Crippen LogP contribution in [0.1, 0.15) is 43.7 Å². The summed E-state index contributed by atoms with van der Waals surface area (Å²) >= 11 is 6.56.